The molecule has 2 aliphatic heterocycles. The van der Waals surface area contributed by atoms with Crippen LogP contribution in [0, 0.1) is 11.8 Å². The van der Waals surface area contributed by atoms with Crippen LogP contribution in [0.5, 0.6) is 0 Å². The van der Waals surface area contributed by atoms with E-state index >= 15 is 0 Å². The highest BCUT2D eigenvalue weighted by molar-refractivity contribution is 6.05. The number of nitrogen functional groups attached to an aromatic ring is 1. The topological polar surface area (TPSA) is 156 Å². The molecule has 1 fully saturated rings. The van der Waals surface area contributed by atoms with Gasteiger partial charge in [-0.3, -0.25) is 14.4 Å². The summed E-state index contributed by atoms with van der Waals surface area (Å²) in [6.45, 7) is 9.82. The van der Waals surface area contributed by atoms with Crippen LogP contribution in [0.3, 0.4) is 0 Å². The summed E-state index contributed by atoms with van der Waals surface area (Å²) >= 11 is 0. The quantitative estimate of drug-likeness (QED) is 0.246. The Bertz CT molecular complexity index is 2300. The van der Waals surface area contributed by atoms with E-state index in [-0.39, 0.29) is 24.6 Å². The van der Waals surface area contributed by atoms with Gasteiger partial charge in [0.25, 0.3) is 11.8 Å². The number of rotatable bonds is 6. The lowest BCUT2D eigenvalue weighted by atomic mass is 10.0. The number of fused-ring (bicyclic) bond motifs is 1. The van der Waals surface area contributed by atoms with Crippen LogP contribution in [0.15, 0.2) is 54.7 Å². The van der Waals surface area contributed by atoms with Crippen molar-refractivity contribution < 1.29 is 37.1 Å². The molecule has 6 rings (SSSR count). The van der Waals surface area contributed by atoms with Crippen LogP contribution in [-0.2, 0) is 35.6 Å². The second-order valence-corrected chi connectivity index (χ2v) is 14.8. The predicted octanol–water partition coefficient (Wildman–Crippen LogP) is 5.38. The van der Waals surface area contributed by atoms with Crippen molar-refractivity contribution in [1.82, 2.24) is 29.2 Å². The Balaban J connectivity index is 1.19. The number of ether oxygens (including phenoxy) is 1. The van der Waals surface area contributed by atoms with Crippen molar-refractivity contribution >= 4 is 35.5 Å². The lowest BCUT2D eigenvalue weighted by Crippen LogP contribution is -2.48. The molecule has 0 radical (unpaired) electrons. The Morgan fingerprint density at radius 2 is 1.72 bits per heavy atom. The third kappa shape index (κ3) is 9.26. The third-order valence-electron chi connectivity index (χ3n) is 9.65. The molecular weight excluding hydrogens is 741 g/mol. The minimum absolute atomic E-state index is 0.0104. The number of halogens is 3. The van der Waals surface area contributed by atoms with Crippen LogP contribution in [0.4, 0.5) is 29.6 Å². The Labute approximate surface area is 328 Å². The lowest BCUT2D eigenvalue weighted by molar-refractivity contribution is -0.138. The standard InChI is InChI=1S/C41H43F3N8O5/c1-6-50-16-18-51(19-17-50)36(54)29-22-28(12-13-31(29)41(42,43)44)47-34(53)21-26-9-7-8-25(20-26)10-11-27-24-46-38(45)48-35(27)33-23-30-32(49(33)5)14-15-52(37(30)55)39(56)57-40(2,3)4/h7-9,12-13,20,22-24H,6,14-19,21H2,1-5H3,(H,47,53)(H2,45,46,48). The molecule has 1 saturated heterocycles. The number of piperazine rings is 1. The summed E-state index contributed by atoms with van der Waals surface area (Å²) in [5, 5.41) is 2.63. The van der Waals surface area contributed by atoms with Crippen molar-refractivity contribution in [3.8, 4) is 23.2 Å². The SMILES string of the molecule is CCN1CCN(C(=O)c2cc(NC(=O)Cc3cccc(C#Cc4cnc(N)nc4-c4cc5c(n4C)CCN(C(=O)OC(C)(C)C)C5=O)c3)ccc2C(F)(F)F)CC1. The van der Waals surface area contributed by atoms with Crippen molar-refractivity contribution in [2.75, 3.05) is 50.3 Å². The smallest absolute Gasteiger partial charge is 0.417 e. The summed E-state index contributed by atoms with van der Waals surface area (Å²) < 4.78 is 49.1. The van der Waals surface area contributed by atoms with Crippen molar-refractivity contribution in [1.29, 1.82) is 0 Å². The Hall–Kier alpha value is -6.21. The number of nitrogens with one attached hydrogen (secondary N) is 1. The van der Waals surface area contributed by atoms with Gasteiger partial charge >= 0.3 is 12.3 Å². The molecule has 0 saturated carbocycles. The molecule has 2 aromatic heterocycles. The van der Waals surface area contributed by atoms with Crippen LogP contribution in [0.25, 0.3) is 11.4 Å². The average Bonchev–Trinajstić information content (AvgIpc) is 3.49. The molecular formula is C41H43F3N8O5. The van der Waals surface area contributed by atoms with Crippen molar-refractivity contribution in [3.05, 3.63) is 93.8 Å². The largest absolute Gasteiger partial charge is 0.443 e. The first-order valence-corrected chi connectivity index (χ1v) is 18.4. The summed E-state index contributed by atoms with van der Waals surface area (Å²) in [5.74, 6) is 4.40. The van der Waals surface area contributed by atoms with E-state index < -0.39 is 46.7 Å². The number of hydrogen-bond acceptors (Lipinski definition) is 9. The number of alkyl halides is 3. The Kier molecular flexibility index (Phi) is 11.4. The van der Waals surface area contributed by atoms with Crippen molar-refractivity contribution in [2.45, 2.75) is 52.3 Å². The maximum absolute atomic E-state index is 13.9. The zero-order valence-corrected chi connectivity index (χ0v) is 32.3. The molecule has 298 valence electrons. The molecule has 2 aromatic carbocycles. The van der Waals surface area contributed by atoms with E-state index in [1.54, 1.807) is 58.2 Å². The fourth-order valence-electron chi connectivity index (χ4n) is 6.77. The minimum Gasteiger partial charge on any atom is -0.443 e. The molecule has 0 unspecified atom stereocenters. The van der Waals surface area contributed by atoms with Gasteiger partial charge in [0.1, 0.15) is 11.3 Å². The van der Waals surface area contributed by atoms with Gasteiger partial charge in [-0.2, -0.15) is 13.2 Å². The van der Waals surface area contributed by atoms with Gasteiger partial charge in [-0.05, 0) is 69.3 Å². The van der Waals surface area contributed by atoms with E-state index in [1.807, 2.05) is 11.5 Å². The molecule has 13 nitrogen and oxygen atoms in total. The molecule has 3 N–H and O–H groups in total. The molecule has 0 atom stereocenters. The molecule has 57 heavy (non-hydrogen) atoms. The van der Waals surface area contributed by atoms with Gasteiger partial charge in [0.05, 0.1) is 34.4 Å². The maximum atomic E-state index is 13.9. The number of nitrogens with two attached hydrogens (primary N) is 1. The maximum Gasteiger partial charge on any atom is 0.417 e. The predicted molar refractivity (Wildman–Crippen MR) is 206 cm³/mol. The number of carbonyl (C=O) groups is 4. The van der Waals surface area contributed by atoms with Crippen LogP contribution in [-0.4, -0.2) is 97.9 Å². The Morgan fingerprint density at radius 3 is 2.40 bits per heavy atom. The highest BCUT2D eigenvalue weighted by atomic mass is 19.4. The second kappa shape index (κ2) is 16.1. The van der Waals surface area contributed by atoms with E-state index in [2.05, 4.69) is 32.0 Å². The molecule has 16 heteroatoms. The summed E-state index contributed by atoms with van der Waals surface area (Å²) in [6.07, 6.45) is -3.74. The van der Waals surface area contributed by atoms with E-state index in [1.165, 1.54) is 11.1 Å². The minimum atomic E-state index is -4.76. The van der Waals surface area contributed by atoms with Crippen LogP contribution in [0.1, 0.15) is 76.4 Å². The zero-order chi connectivity index (χ0) is 41.2. The fraction of sp³-hybridized carbons (Fsp3) is 0.366. The van der Waals surface area contributed by atoms with Gasteiger partial charge in [-0.15, -0.1) is 0 Å². The Morgan fingerprint density at radius 1 is 0.982 bits per heavy atom. The third-order valence-corrected chi connectivity index (χ3v) is 9.65. The molecule has 0 spiro atoms. The number of hydrogen-bond donors (Lipinski definition) is 2. The lowest BCUT2D eigenvalue weighted by Gasteiger charge is -2.34. The second-order valence-electron chi connectivity index (χ2n) is 14.8. The number of aromatic nitrogens is 3. The van der Waals surface area contributed by atoms with Crippen LogP contribution >= 0.6 is 0 Å². The zero-order valence-electron chi connectivity index (χ0n) is 32.3. The highest BCUT2D eigenvalue weighted by Crippen LogP contribution is 2.35. The first kappa shape index (κ1) is 40.5. The van der Waals surface area contributed by atoms with Gasteiger partial charge in [0.2, 0.25) is 11.9 Å². The van der Waals surface area contributed by atoms with E-state index in [0.29, 0.717) is 71.9 Å². The molecule has 4 aromatic rings. The van der Waals surface area contributed by atoms with Gasteiger partial charge in [0.15, 0.2) is 0 Å². The molecule has 0 aliphatic carbocycles. The number of imide groups is 1. The molecule has 0 bridgehead atoms. The van der Waals surface area contributed by atoms with Gasteiger partial charge in [-0.1, -0.05) is 30.9 Å². The van der Waals surface area contributed by atoms with Gasteiger partial charge < -0.3 is 30.2 Å². The van der Waals surface area contributed by atoms with Crippen molar-refractivity contribution in [3.63, 3.8) is 0 Å². The van der Waals surface area contributed by atoms with E-state index in [9.17, 15) is 32.3 Å². The fourth-order valence-corrected chi connectivity index (χ4v) is 6.77. The van der Waals surface area contributed by atoms with Crippen LogP contribution in [0.2, 0.25) is 0 Å². The van der Waals surface area contributed by atoms with E-state index in [0.717, 1.165) is 29.6 Å². The average molecular weight is 785 g/mol. The normalized spacial score (nSPS) is 14.8. The number of nitrogens with zero attached hydrogens (tertiary/aromatic N) is 6. The van der Waals surface area contributed by atoms with Gasteiger partial charge in [-0.25, -0.2) is 19.7 Å². The monoisotopic (exact) mass is 784 g/mol. The molecule has 4 heterocycles. The first-order valence-electron chi connectivity index (χ1n) is 18.4. The van der Waals surface area contributed by atoms with Gasteiger partial charge in [0, 0.05) is 69.3 Å². The summed E-state index contributed by atoms with van der Waals surface area (Å²) in [6, 6.07) is 11.6. The number of benzene rings is 2. The summed E-state index contributed by atoms with van der Waals surface area (Å²) in [7, 11) is 1.78. The summed E-state index contributed by atoms with van der Waals surface area (Å²) in [4.78, 5) is 65.8. The van der Waals surface area contributed by atoms with Crippen LogP contribution < -0.4 is 11.1 Å². The molecule has 4 amide bonds. The summed E-state index contributed by atoms with van der Waals surface area (Å²) in [5.41, 5.74) is 7.17. The van der Waals surface area contributed by atoms with E-state index in [4.69, 9.17) is 10.5 Å². The highest BCUT2D eigenvalue weighted by Gasteiger charge is 2.38. The van der Waals surface area contributed by atoms with Crippen molar-refractivity contribution in [2.24, 2.45) is 7.05 Å². The number of anilines is 2. The first-order chi connectivity index (χ1) is 26.9. The number of carbonyl (C=O) groups excluding carboxylic acids is 4. The number of likely N-dealkylation sites (N-methyl/N-ethyl adjacent to an activating group) is 1. The molecule has 2 aliphatic rings. The number of amides is 4.